The van der Waals surface area contributed by atoms with Gasteiger partial charge in [-0.05, 0) is 31.0 Å². The fourth-order valence-electron chi connectivity index (χ4n) is 1.71. The molecule has 0 fully saturated rings. The van der Waals surface area contributed by atoms with Gasteiger partial charge in [-0.3, -0.25) is 0 Å². The van der Waals surface area contributed by atoms with Gasteiger partial charge in [0.25, 0.3) is 0 Å². The largest absolute Gasteiger partial charge is 0.490 e. The lowest BCUT2D eigenvalue weighted by molar-refractivity contribution is -0.139. The first-order valence-corrected chi connectivity index (χ1v) is 6.19. The third-order valence-corrected chi connectivity index (χ3v) is 2.89. The summed E-state index contributed by atoms with van der Waals surface area (Å²) >= 11 is 0. The molecule has 1 aromatic carbocycles. The van der Waals surface area contributed by atoms with Crippen molar-refractivity contribution >= 4 is 5.84 Å². The predicted molar refractivity (Wildman–Crippen MR) is 69.0 cm³/mol. The summed E-state index contributed by atoms with van der Waals surface area (Å²) in [7, 11) is 0. The van der Waals surface area contributed by atoms with Crippen LogP contribution in [-0.4, -0.2) is 17.1 Å². The Balaban J connectivity index is 3.24. The van der Waals surface area contributed by atoms with Gasteiger partial charge in [-0.1, -0.05) is 19.0 Å². The molecule has 0 unspecified atom stereocenters. The van der Waals surface area contributed by atoms with Gasteiger partial charge >= 0.3 is 6.18 Å². The number of oxime groups is 1. The molecule has 0 aliphatic rings. The van der Waals surface area contributed by atoms with Gasteiger partial charge < -0.3 is 15.7 Å². The van der Waals surface area contributed by atoms with Crippen molar-refractivity contribution in [2.45, 2.75) is 39.0 Å². The second-order valence-electron chi connectivity index (χ2n) is 4.25. The summed E-state index contributed by atoms with van der Waals surface area (Å²) in [5.74, 6) is -0.634. The minimum Gasteiger partial charge on any atom is -0.490 e. The van der Waals surface area contributed by atoms with E-state index in [1.807, 2.05) is 13.8 Å². The van der Waals surface area contributed by atoms with E-state index in [-0.39, 0.29) is 23.3 Å². The maximum Gasteiger partial charge on any atom is 0.419 e. The molecular weight excluding hydrogens is 273 g/mol. The molecule has 3 N–H and O–H groups in total. The molecule has 0 heterocycles. The second kappa shape index (κ2) is 6.49. The molecule has 0 aliphatic carbocycles. The van der Waals surface area contributed by atoms with E-state index in [1.165, 1.54) is 12.1 Å². The fraction of sp³-hybridized carbons (Fsp3) is 0.462. The molecule has 0 amide bonds. The smallest absolute Gasteiger partial charge is 0.419 e. The van der Waals surface area contributed by atoms with Crippen molar-refractivity contribution in [2.75, 3.05) is 0 Å². The standard InChI is InChI=1S/C13H17F3N2O2/c1-3-9(4-2)20-11-6-5-8(12(17)18-19)7-10(11)13(14,15)16/h5-7,9,19H,3-4H2,1-2H3,(H2,17,18). The Morgan fingerprint density at radius 2 is 1.95 bits per heavy atom. The van der Waals surface area contributed by atoms with Crippen LogP contribution in [0.4, 0.5) is 13.2 Å². The molecular formula is C13H17F3N2O2. The number of halogens is 3. The van der Waals surface area contributed by atoms with Crippen LogP contribution in [-0.2, 0) is 6.18 Å². The first-order valence-electron chi connectivity index (χ1n) is 6.19. The molecule has 1 rings (SSSR count). The molecule has 1 aromatic rings. The third kappa shape index (κ3) is 3.79. The van der Waals surface area contributed by atoms with E-state index in [2.05, 4.69) is 5.16 Å². The van der Waals surface area contributed by atoms with Gasteiger partial charge in [0, 0.05) is 5.56 Å². The van der Waals surface area contributed by atoms with Crippen LogP contribution in [0.2, 0.25) is 0 Å². The summed E-state index contributed by atoms with van der Waals surface area (Å²) in [4.78, 5) is 0. The Hall–Kier alpha value is -1.92. The van der Waals surface area contributed by atoms with Crippen molar-refractivity contribution in [1.82, 2.24) is 0 Å². The number of ether oxygens (including phenoxy) is 1. The van der Waals surface area contributed by atoms with Gasteiger partial charge in [-0.15, -0.1) is 0 Å². The Bertz CT molecular complexity index is 483. The maximum absolute atomic E-state index is 13.0. The summed E-state index contributed by atoms with van der Waals surface area (Å²) in [6, 6.07) is 3.32. The van der Waals surface area contributed by atoms with Crippen molar-refractivity contribution in [3.05, 3.63) is 29.3 Å². The first-order chi connectivity index (χ1) is 9.33. The second-order valence-corrected chi connectivity index (χ2v) is 4.25. The highest BCUT2D eigenvalue weighted by molar-refractivity contribution is 5.97. The number of amidine groups is 1. The molecule has 4 nitrogen and oxygen atoms in total. The zero-order valence-electron chi connectivity index (χ0n) is 11.2. The van der Waals surface area contributed by atoms with E-state index in [0.717, 1.165) is 6.07 Å². The molecule has 0 saturated carbocycles. The van der Waals surface area contributed by atoms with E-state index in [4.69, 9.17) is 15.7 Å². The normalized spacial score (nSPS) is 12.8. The van der Waals surface area contributed by atoms with Gasteiger partial charge in [-0.25, -0.2) is 0 Å². The molecule has 0 aromatic heterocycles. The van der Waals surface area contributed by atoms with Crippen LogP contribution in [0.25, 0.3) is 0 Å². The zero-order valence-corrected chi connectivity index (χ0v) is 11.2. The zero-order chi connectivity index (χ0) is 15.3. The molecule has 7 heteroatoms. The third-order valence-electron chi connectivity index (χ3n) is 2.89. The van der Waals surface area contributed by atoms with Crippen molar-refractivity contribution in [3.8, 4) is 5.75 Å². The van der Waals surface area contributed by atoms with E-state index >= 15 is 0 Å². The van der Waals surface area contributed by atoms with E-state index in [9.17, 15) is 13.2 Å². The van der Waals surface area contributed by atoms with Crippen LogP contribution in [0.3, 0.4) is 0 Å². The number of nitrogens with zero attached hydrogens (tertiary/aromatic N) is 1. The summed E-state index contributed by atoms with van der Waals surface area (Å²) in [6.07, 6.45) is -3.65. The minimum absolute atomic E-state index is 0.0169. The summed E-state index contributed by atoms with van der Waals surface area (Å²) < 4.78 is 44.5. The number of benzene rings is 1. The van der Waals surface area contributed by atoms with Crippen LogP contribution >= 0.6 is 0 Å². The molecule has 0 bridgehead atoms. The molecule has 112 valence electrons. The van der Waals surface area contributed by atoms with Crippen molar-refractivity contribution < 1.29 is 23.1 Å². The summed E-state index contributed by atoms with van der Waals surface area (Å²) in [5, 5.41) is 11.2. The molecule has 0 radical (unpaired) electrons. The summed E-state index contributed by atoms with van der Waals surface area (Å²) in [6.45, 7) is 3.68. The number of hydrogen-bond donors (Lipinski definition) is 2. The molecule has 0 atom stereocenters. The predicted octanol–water partition coefficient (Wildman–Crippen LogP) is 3.37. The molecule has 0 spiro atoms. The van der Waals surface area contributed by atoms with Gasteiger partial charge in [0.1, 0.15) is 5.75 Å². The van der Waals surface area contributed by atoms with Crippen LogP contribution in [0, 0.1) is 0 Å². The Kier molecular flexibility index (Phi) is 5.24. The SMILES string of the molecule is CCC(CC)Oc1ccc(/C(N)=N/O)cc1C(F)(F)F. The monoisotopic (exact) mass is 290 g/mol. The number of alkyl halides is 3. The van der Waals surface area contributed by atoms with E-state index in [1.54, 1.807) is 0 Å². The lowest BCUT2D eigenvalue weighted by Crippen LogP contribution is -2.19. The lowest BCUT2D eigenvalue weighted by atomic mass is 10.1. The van der Waals surface area contributed by atoms with Crippen molar-refractivity contribution in [3.63, 3.8) is 0 Å². The fourth-order valence-corrected chi connectivity index (χ4v) is 1.71. The molecule has 20 heavy (non-hydrogen) atoms. The highest BCUT2D eigenvalue weighted by Crippen LogP contribution is 2.37. The number of hydrogen-bond acceptors (Lipinski definition) is 3. The highest BCUT2D eigenvalue weighted by Gasteiger charge is 2.35. The Labute approximate surface area is 115 Å². The summed E-state index contributed by atoms with van der Waals surface area (Å²) in [5.41, 5.74) is 4.35. The topological polar surface area (TPSA) is 67.8 Å². The maximum atomic E-state index is 13.0. The van der Waals surface area contributed by atoms with Crippen LogP contribution < -0.4 is 10.5 Å². The van der Waals surface area contributed by atoms with Gasteiger partial charge in [0.05, 0.1) is 11.7 Å². The van der Waals surface area contributed by atoms with Crippen LogP contribution in [0.15, 0.2) is 23.4 Å². The van der Waals surface area contributed by atoms with Crippen LogP contribution in [0.1, 0.15) is 37.8 Å². The first kappa shape index (κ1) is 16.1. The quantitative estimate of drug-likeness (QED) is 0.378. The minimum atomic E-state index is -4.58. The van der Waals surface area contributed by atoms with Gasteiger partial charge in [-0.2, -0.15) is 13.2 Å². The Morgan fingerprint density at radius 1 is 1.35 bits per heavy atom. The van der Waals surface area contributed by atoms with E-state index in [0.29, 0.717) is 12.8 Å². The van der Waals surface area contributed by atoms with E-state index < -0.39 is 11.7 Å². The molecule has 0 saturated heterocycles. The Morgan fingerprint density at radius 3 is 2.40 bits per heavy atom. The van der Waals surface area contributed by atoms with Crippen molar-refractivity contribution in [1.29, 1.82) is 0 Å². The average molecular weight is 290 g/mol. The van der Waals surface area contributed by atoms with Gasteiger partial charge in [0.2, 0.25) is 0 Å². The number of rotatable bonds is 5. The molecule has 0 aliphatic heterocycles. The van der Waals surface area contributed by atoms with Gasteiger partial charge in [0.15, 0.2) is 5.84 Å². The van der Waals surface area contributed by atoms with Crippen LogP contribution in [0.5, 0.6) is 5.75 Å². The average Bonchev–Trinajstić information content (AvgIpc) is 2.42. The highest BCUT2D eigenvalue weighted by atomic mass is 19.4. The number of nitrogens with two attached hydrogens (primary N) is 1. The van der Waals surface area contributed by atoms with Crippen molar-refractivity contribution in [2.24, 2.45) is 10.9 Å². The lowest BCUT2D eigenvalue weighted by Gasteiger charge is -2.20.